The smallest absolute Gasteiger partial charge is 0.287 e. The number of aromatic nitrogens is 4. The maximum atomic E-state index is 13.2. The Balaban J connectivity index is 1.85. The van der Waals surface area contributed by atoms with E-state index in [1.807, 2.05) is 6.07 Å². The molecule has 4 rings (SSSR count). The maximum absolute atomic E-state index is 13.2. The molecular weight excluding hydrogens is 397 g/mol. The number of nitrogens with zero attached hydrogens (tertiary/aromatic N) is 6. The van der Waals surface area contributed by atoms with Crippen molar-refractivity contribution < 1.29 is 18.0 Å². The molecule has 1 saturated carbocycles. The minimum absolute atomic E-state index is 0.0353. The van der Waals surface area contributed by atoms with E-state index in [1.165, 1.54) is 0 Å². The van der Waals surface area contributed by atoms with E-state index in [1.54, 1.807) is 4.68 Å². The normalized spacial score (nSPS) is 16.5. The fourth-order valence-corrected chi connectivity index (χ4v) is 3.70. The monoisotopic (exact) mass is 412 g/mol. The summed E-state index contributed by atoms with van der Waals surface area (Å²) >= 11 is 6.44. The van der Waals surface area contributed by atoms with E-state index < -0.39 is 12.1 Å². The van der Waals surface area contributed by atoms with Gasteiger partial charge in [-0.25, -0.2) is 0 Å². The molecule has 7 nitrogen and oxygen atoms in total. The SMILES string of the molecule is N#Cc1cnn(-c2nn3c(c2Cl)CCCC3)c1N(CC1CC1)C(=O)C(F)(F)F. The third kappa shape index (κ3) is 3.24. The Morgan fingerprint density at radius 1 is 1.39 bits per heavy atom. The van der Waals surface area contributed by atoms with Crippen molar-refractivity contribution in [2.24, 2.45) is 5.92 Å². The molecule has 1 fully saturated rings. The number of fused-ring (bicyclic) bond motifs is 1. The van der Waals surface area contributed by atoms with Crippen molar-refractivity contribution in [3.05, 3.63) is 22.5 Å². The van der Waals surface area contributed by atoms with Crippen molar-refractivity contribution in [1.82, 2.24) is 19.6 Å². The topological polar surface area (TPSA) is 79.7 Å². The van der Waals surface area contributed by atoms with Crippen LogP contribution in [0.15, 0.2) is 6.20 Å². The van der Waals surface area contributed by atoms with Crippen molar-refractivity contribution in [1.29, 1.82) is 5.26 Å². The molecule has 2 aliphatic rings. The molecule has 1 aliphatic carbocycles. The fourth-order valence-electron chi connectivity index (χ4n) is 3.39. The van der Waals surface area contributed by atoms with Gasteiger partial charge in [0.25, 0.3) is 0 Å². The van der Waals surface area contributed by atoms with E-state index in [0.29, 0.717) is 17.9 Å². The predicted molar refractivity (Wildman–Crippen MR) is 93.1 cm³/mol. The van der Waals surface area contributed by atoms with Gasteiger partial charge in [0.1, 0.15) is 16.7 Å². The first kappa shape index (κ1) is 18.8. The second-order valence-electron chi connectivity index (χ2n) is 7.03. The molecule has 0 radical (unpaired) electrons. The van der Waals surface area contributed by atoms with Crippen molar-refractivity contribution >= 4 is 23.3 Å². The van der Waals surface area contributed by atoms with Gasteiger partial charge in [-0.15, -0.1) is 0 Å². The molecule has 1 amide bonds. The molecule has 2 aromatic heterocycles. The zero-order valence-electron chi connectivity index (χ0n) is 14.7. The standard InChI is InChI=1S/C17H16ClF3N6O/c18-13-12-3-1-2-6-26(12)24-14(13)27-15(11(7-22)8-23-27)25(9-10-4-5-10)16(28)17(19,20)21/h8,10H,1-6,9H2. The molecular formula is C17H16ClF3N6O. The number of amides is 1. The first-order chi connectivity index (χ1) is 13.3. The van der Waals surface area contributed by atoms with Crippen LogP contribution in [0, 0.1) is 17.2 Å². The van der Waals surface area contributed by atoms with Crippen LogP contribution in [0.4, 0.5) is 19.0 Å². The van der Waals surface area contributed by atoms with Crippen molar-refractivity contribution in [2.45, 2.75) is 44.8 Å². The number of nitriles is 1. The average Bonchev–Trinajstić information content (AvgIpc) is 3.29. The lowest BCUT2D eigenvalue weighted by Gasteiger charge is -2.24. The van der Waals surface area contributed by atoms with Crippen molar-refractivity contribution in [3.8, 4) is 11.9 Å². The number of carbonyl (C=O) groups is 1. The van der Waals surface area contributed by atoms with Gasteiger partial charge in [0, 0.05) is 13.1 Å². The van der Waals surface area contributed by atoms with Gasteiger partial charge in [-0.3, -0.25) is 14.4 Å². The minimum Gasteiger partial charge on any atom is -0.287 e. The van der Waals surface area contributed by atoms with Crippen LogP contribution < -0.4 is 4.90 Å². The summed E-state index contributed by atoms with van der Waals surface area (Å²) in [5.74, 6) is -2.18. The van der Waals surface area contributed by atoms with Gasteiger partial charge in [-0.1, -0.05) is 11.6 Å². The molecule has 148 valence electrons. The molecule has 0 unspecified atom stereocenters. The highest BCUT2D eigenvalue weighted by Gasteiger charge is 2.46. The van der Waals surface area contributed by atoms with Crippen LogP contribution in [0.1, 0.15) is 36.9 Å². The van der Waals surface area contributed by atoms with Crippen LogP contribution >= 0.6 is 11.6 Å². The number of hydrogen-bond donors (Lipinski definition) is 0. The number of aryl methyl sites for hydroxylation is 1. The first-order valence-electron chi connectivity index (χ1n) is 8.93. The van der Waals surface area contributed by atoms with Gasteiger partial charge in [0.05, 0.1) is 11.9 Å². The van der Waals surface area contributed by atoms with Gasteiger partial charge in [-0.2, -0.15) is 33.3 Å². The van der Waals surface area contributed by atoms with Crippen LogP contribution in [0.3, 0.4) is 0 Å². The van der Waals surface area contributed by atoms with Crippen LogP contribution in [0.25, 0.3) is 5.82 Å². The largest absolute Gasteiger partial charge is 0.471 e. The molecule has 3 heterocycles. The Kier molecular flexibility index (Phi) is 4.57. The zero-order valence-corrected chi connectivity index (χ0v) is 15.5. The summed E-state index contributed by atoms with van der Waals surface area (Å²) in [5, 5.41) is 18.1. The van der Waals surface area contributed by atoms with Gasteiger partial charge < -0.3 is 0 Å². The van der Waals surface area contributed by atoms with Gasteiger partial charge in [-0.05, 0) is 38.0 Å². The summed E-state index contributed by atoms with van der Waals surface area (Å²) < 4.78 is 42.5. The third-order valence-electron chi connectivity index (χ3n) is 4.96. The van der Waals surface area contributed by atoms with E-state index >= 15 is 0 Å². The Morgan fingerprint density at radius 3 is 2.75 bits per heavy atom. The van der Waals surface area contributed by atoms with E-state index in [9.17, 15) is 23.2 Å². The van der Waals surface area contributed by atoms with E-state index in [4.69, 9.17) is 11.6 Å². The highest BCUT2D eigenvalue weighted by Crippen LogP contribution is 2.37. The average molecular weight is 413 g/mol. The number of halogens is 4. The zero-order chi connectivity index (χ0) is 20.1. The molecule has 11 heteroatoms. The van der Waals surface area contributed by atoms with Crippen LogP contribution in [0.5, 0.6) is 0 Å². The highest BCUT2D eigenvalue weighted by atomic mass is 35.5. The summed E-state index contributed by atoms with van der Waals surface area (Å²) in [5.41, 5.74) is 0.638. The molecule has 0 atom stereocenters. The van der Waals surface area contributed by atoms with E-state index in [0.717, 1.165) is 42.3 Å². The molecule has 28 heavy (non-hydrogen) atoms. The van der Waals surface area contributed by atoms with Gasteiger partial charge >= 0.3 is 12.1 Å². The Labute approximate surface area is 163 Å². The number of carbonyl (C=O) groups excluding carboxylic acids is 1. The van der Waals surface area contributed by atoms with Gasteiger partial charge in [0.2, 0.25) is 0 Å². The molecule has 0 spiro atoms. The summed E-state index contributed by atoms with van der Waals surface area (Å²) in [6, 6.07) is 1.83. The second-order valence-corrected chi connectivity index (χ2v) is 7.40. The minimum atomic E-state index is -5.08. The molecule has 1 aliphatic heterocycles. The Hall–Kier alpha value is -2.54. The number of alkyl halides is 3. The molecule has 0 bridgehead atoms. The second kappa shape index (κ2) is 6.81. The summed E-state index contributed by atoms with van der Waals surface area (Å²) in [6.07, 6.45) is 0.0670. The lowest BCUT2D eigenvalue weighted by molar-refractivity contribution is -0.170. The maximum Gasteiger partial charge on any atom is 0.471 e. The van der Waals surface area contributed by atoms with Crippen molar-refractivity contribution in [2.75, 3.05) is 11.4 Å². The van der Waals surface area contributed by atoms with Crippen LogP contribution in [0.2, 0.25) is 5.02 Å². The quantitative estimate of drug-likeness (QED) is 0.772. The summed E-state index contributed by atoms with van der Waals surface area (Å²) in [7, 11) is 0. The third-order valence-corrected chi connectivity index (χ3v) is 5.34. The molecule has 2 aromatic rings. The Morgan fingerprint density at radius 2 is 2.14 bits per heavy atom. The number of rotatable bonds is 4. The lowest BCUT2D eigenvalue weighted by Crippen LogP contribution is -2.43. The highest BCUT2D eigenvalue weighted by molar-refractivity contribution is 6.33. The van der Waals surface area contributed by atoms with Crippen LogP contribution in [-0.4, -0.2) is 38.2 Å². The molecule has 0 saturated heterocycles. The van der Waals surface area contributed by atoms with E-state index in [-0.39, 0.29) is 34.7 Å². The Bertz CT molecular complexity index is 969. The fraction of sp³-hybridized carbons (Fsp3) is 0.529. The summed E-state index contributed by atoms with van der Waals surface area (Å²) in [4.78, 5) is 12.7. The van der Waals surface area contributed by atoms with Crippen molar-refractivity contribution in [3.63, 3.8) is 0 Å². The predicted octanol–water partition coefficient (Wildman–Crippen LogP) is 3.24. The summed E-state index contributed by atoms with van der Waals surface area (Å²) in [6.45, 7) is 0.508. The number of hydrogen-bond acceptors (Lipinski definition) is 4. The molecule has 0 aromatic carbocycles. The number of anilines is 1. The molecule has 0 N–H and O–H groups in total. The first-order valence-corrected chi connectivity index (χ1v) is 9.31. The van der Waals surface area contributed by atoms with Crippen LogP contribution in [-0.2, 0) is 17.8 Å². The lowest BCUT2D eigenvalue weighted by atomic mass is 10.1. The van der Waals surface area contributed by atoms with E-state index in [2.05, 4.69) is 10.2 Å². The van der Waals surface area contributed by atoms with Gasteiger partial charge in [0.15, 0.2) is 11.6 Å².